The summed E-state index contributed by atoms with van der Waals surface area (Å²) in [6.07, 6.45) is 6.99. The maximum absolute atomic E-state index is 4.79. The third-order valence-corrected chi connectivity index (χ3v) is 9.43. The van der Waals surface area contributed by atoms with Crippen LogP contribution in [0.1, 0.15) is 36.3 Å². The van der Waals surface area contributed by atoms with Gasteiger partial charge in [0.2, 0.25) is 0 Å². The standard InChI is InChI=1S/C23H20NPS.Au.ClH/c1-2-9-17(10-3-1)25-22(20-13-6-7-15-24-20)18-11-4-5-12-19(18)23(25)21-14-8-16-26-21;;/h1-3,6-10,13-16H,4-5,11-12H2;;1H/q;+1;. The molecule has 3 aromatic rings. The zero-order chi connectivity index (χ0) is 19.3. The first-order chi connectivity index (χ1) is 13.9. The third kappa shape index (κ3) is 3.87. The molecule has 1 aromatic carbocycles. The smallest absolute Gasteiger partial charge is 0.131 e. The van der Waals surface area contributed by atoms with Gasteiger partial charge in [-0.15, -0.1) is 11.3 Å². The van der Waals surface area contributed by atoms with Crippen molar-refractivity contribution in [2.75, 3.05) is 0 Å². The molecule has 1 aliphatic heterocycles. The van der Waals surface area contributed by atoms with Crippen molar-refractivity contribution >= 4 is 44.4 Å². The summed E-state index contributed by atoms with van der Waals surface area (Å²) < 4.78 is 0. The van der Waals surface area contributed by atoms with E-state index in [0.717, 1.165) is 0 Å². The molecule has 1 unspecified atom stereocenters. The summed E-state index contributed by atoms with van der Waals surface area (Å²) in [7, 11) is 3.57. The molecule has 0 radical (unpaired) electrons. The zero-order valence-corrected chi connectivity index (χ0v) is 20.0. The van der Waals surface area contributed by atoms with Gasteiger partial charge in [0.05, 0.1) is 4.88 Å². The fourth-order valence-corrected chi connectivity index (χ4v) is 8.69. The van der Waals surface area contributed by atoms with Crippen LogP contribution in [0.25, 0.3) is 10.6 Å². The predicted molar refractivity (Wildman–Crippen MR) is 121 cm³/mol. The van der Waals surface area contributed by atoms with Gasteiger partial charge in [0.15, 0.2) is 0 Å². The molecule has 2 aromatic heterocycles. The van der Waals surface area contributed by atoms with Crippen LogP contribution in [0.4, 0.5) is 0 Å². The molecule has 2 aliphatic rings. The Morgan fingerprint density at radius 2 is 1.54 bits per heavy atom. The third-order valence-electron chi connectivity index (χ3n) is 5.32. The van der Waals surface area contributed by atoms with Gasteiger partial charge < -0.3 is 0 Å². The molecular weight excluding hydrogens is 586 g/mol. The Balaban J connectivity index is 0.000000932. The Morgan fingerprint density at radius 1 is 0.821 bits per heavy atom. The van der Waals surface area contributed by atoms with Crippen molar-refractivity contribution in [2.24, 2.45) is 0 Å². The number of nitrogens with zero attached hydrogens (tertiary/aromatic N) is 1. The molecule has 1 saturated carbocycles. The molecule has 1 nitrogen and oxygen atoms in total. The fraction of sp³-hybridized carbons (Fsp3) is 0.174. The second-order valence-electron chi connectivity index (χ2n) is 6.85. The number of hydrogen-bond donors (Lipinski definition) is 0. The summed E-state index contributed by atoms with van der Waals surface area (Å²) in [5, 5.41) is 6.87. The number of halogens is 1. The molecule has 1 aliphatic carbocycles. The Morgan fingerprint density at radius 3 is 2.18 bits per heavy atom. The Hall–Kier alpha value is -0.990. The molecule has 5 heteroatoms. The summed E-state index contributed by atoms with van der Waals surface area (Å²) >= 11 is 3.64. The molecular formula is C23H21AuClNPS+. The molecule has 0 spiro atoms. The van der Waals surface area contributed by atoms with Crippen LogP contribution >= 0.6 is 28.4 Å². The van der Waals surface area contributed by atoms with Gasteiger partial charge in [0.1, 0.15) is 29.5 Å². The summed E-state index contributed by atoms with van der Waals surface area (Å²) in [6.45, 7) is 0. The Labute approximate surface area is 188 Å². The van der Waals surface area contributed by atoms with Crippen LogP contribution in [0.15, 0.2) is 83.4 Å². The van der Waals surface area contributed by atoms with E-state index in [2.05, 4.69) is 69.2 Å². The number of allylic oxidation sites excluding steroid dienone is 2. The van der Waals surface area contributed by atoms with Gasteiger partial charge in [0.25, 0.3) is 0 Å². The normalized spacial score (nSPS) is 18.6. The largest absolute Gasteiger partial charge is 0.253 e. The van der Waals surface area contributed by atoms with Crippen molar-refractivity contribution in [3.63, 3.8) is 0 Å². The van der Waals surface area contributed by atoms with E-state index >= 15 is 0 Å². The minimum Gasteiger partial charge on any atom is -0.253 e. The summed E-state index contributed by atoms with van der Waals surface area (Å²) in [6, 6.07) is 22.0. The maximum atomic E-state index is 4.79. The number of fused-ring (bicyclic) bond motifs is 1. The summed E-state index contributed by atoms with van der Waals surface area (Å²) in [5.41, 5.74) is 4.43. The van der Waals surface area contributed by atoms with E-state index in [0.29, 0.717) is 0 Å². The molecule has 3 heterocycles. The molecule has 28 heavy (non-hydrogen) atoms. The van der Waals surface area contributed by atoms with E-state index in [1.165, 1.54) is 41.6 Å². The van der Waals surface area contributed by atoms with Crippen molar-refractivity contribution < 1.29 is 20.0 Å². The van der Waals surface area contributed by atoms with Gasteiger partial charge in [-0.3, -0.25) is 4.98 Å². The number of rotatable bonds is 3. The van der Waals surface area contributed by atoms with Crippen LogP contribution in [0.5, 0.6) is 0 Å². The van der Waals surface area contributed by atoms with Gasteiger partial charge in [0, 0.05) is 17.3 Å². The van der Waals surface area contributed by atoms with Gasteiger partial charge in [-0.05, 0) is 61.4 Å². The Kier molecular flexibility index (Phi) is 7.01. The first-order valence-electron chi connectivity index (χ1n) is 9.40. The number of thiophene rings is 1. The van der Waals surface area contributed by atoms with Crippen LogP contribution in [0.3, 0.4) is 0 Å². The Bertz CT molecular complexity index is 984. The molecule has 1 fully saturated rings. The SMILES string of the molecule is [Cl][Au].c1ccc([PH+]2C(c3ccccn3)=C3CCCCC3=C2c2cccs2)cc1. The first kappa shape index (κ1) is 20.3. The van der Waals surface area contributed by atoms with Gasteiger partial charge in [-0.1, -0.05) is 30.3 Å². The number of pyridine rings is 1. The zero-order valence-electron chi connectivity index (χ0n) is 15.3. The van der Waals surface area contributed by atoms with Crippen LogP contribution in [0.2, 0.25) is 0 Å². The minimum atomic E-state index is -1.01. The molecule has 0 amide bonds. The van der Waals surface area contributed by atoms with Crippen molar-refractivity contribution in [1.29, 1.82) is 0 Å². The van der Waals surface area contributed by atoms with Gasteiger partial charge >= 0.3 is 29.2 Å². The molecule has 5 rings (SSSR count). The van der Waals surface area contributed by atoms with Crippen molar-refractivity contribution in [1.82, 2.24) is 4.98 Å². The van der Waals surface area contributed by atoms with E-state index < -0.39 is 7.92 Å². The number of hydrogen-bond acceptors (Lipinski definition) is 2. The van der Waals surface area contributed by atoms with Crippen molar-refractivity contribution in [3.05, 3.63) is 94.0 Å². The summed E-state index contributed by atoms with van der Waals surface area (Å²) in [4.78, 5) is 6.25. The molecule has 1 atom stereocenters. The topological polar surface area (TPSA) is 12.9 Å². The van der Waals surface area contributed by atoms with Crippen LogP contribution in [0, 0.1) is 0 Å². The van der Waals surface area contributed by atoms with Gasteiger partial charge in [-0.2, -0.15) is 0 Å². The predicted octanol–water partition coefficient (Wildman–Crippen LogP) is 7.08. The van der Waals surface area contributed by atoms with Gasteiger partial charge in [-0.25, -0.2) is 0 Å². The van der Waals surface area contributed by atoms with Crippen molar-refractivity contribution in [3.8, 4) is 0 Å². The minimum absolute atomic E-state index is 1.01. The second kappa shape index (κ2) is 9.67. The first-order valence-corrected chi connectivity index (χ1v) is 14.5. The summed E-state index contributed by atoms with van der Waals surface area (Å²) in [5.74, 6) is 0. The fourth-order valence-electron chi connectivity index (χ4n) is 4.26. The van der Waals surface area contributed by atoms with E-state index in [9.17, 15) is 0 Å². The average Bonchev–Trinajstić information content (AvgIpc) is 3.42. The van der Waals surface area contributed by atoms with Crippen LogP contribution in [-0.4, -0.2) is 4.98 Å². The maximum Gasteiger partial charge on any atom is 0.131 e. The van der Waals surface area contributed by atoms with E-state index in [1.807, 2.05) is 23.6 Å². The van der Waals surface area contributed by atoms with Crippen LogP contribution < -0.4 is 5.30 Å². The molecule has 0 N–H and O–H groups in total. The van der Waals surface area contributed by atoms with Crippen LogP contribution in [-0.2, 0) is 20.0 Å². The van der Waals surface area contributed by atoms with Crippen molar-refractivity contribution in [2.45, 2.75) is 25.7 Å². The van der Waals surface area contributed by atoms with E-state index in [4.69, 9.17) is 4.98 Å². The van der Waals surface area contributed by atoms with E-state index in [1.54, 1.807) is 41.8 Å². The van der Waals surface area contributed by atoms with E-state index in [-0.39, 0.29) is 0 Å². The molecule has 0 bridgehead atoms. The molecule has 146 valence electrons. The monoisotopic (exact) mass is 606 g/mol. The average molecular weight is 607 g/mol. The number of benzene rings is 1. The number of aromatic nitrogens is 1. The molecule has 0 saturated heterocycles. The quantitative estimate of drug-likeness (QED) is 0.229. The second-order valence-corrected chi connectivity index (χ2v) is 10.1.